The summed E-state index contributed by atoms with van der Waals surface area (Å²) in [6.07, 6.45) is -4.60. The number of nitrogens with zero attached hydrogens (tertiary/aromatic N) is 3. The van der Waals surface area contributed by atoms with Crippen LogP contribution in [0.5, 0.6) is 11.5 Å². The fraction of sp³-hybridized carbons (Fsp3) is 0.185. The number of para-hydroxylation sites is 1. The van der Waals surface area contributed by atoms with Gasteiger partial charge in [-0.15, -0.1) is 0 Å². The van der Waals surface area contributed by atoms with Crippen molar-refractivity contribution >= 4 is 50.6 Å². The molecule has 0 bridgehead atoms. The zero-order chi connectivity index (χ0) is 29.2. The Labute approximate surface area is 238 Å². The molecule has 3 aromatic carbocycles. The van der Waals surface area contributed by atoms with Crippen molar-refractivity contribution in [1.82, 2.24) is 9.66 Å². The van der Waals surface area contributed by atoms with E-state index >= 15 is 0 Å². The van der Waals surface area contributed by atoms with Crippen molar-refractivity contribution in [3.8, 4) is 22.9 Å². The largest absolute Gasteiger partial charge is 0.490 e. The molecule has 0 amide bonds. The van der Waals surface area contributed by atoms with Gasteiger partial charge in [-0.05, 0) is 60.1 Å². The van der Waals surface area contributed by atoms with E-state index in [9.17, 15) is 27.9 Å². The van der Waals surface area contributed by atoms with Crippen LogP contribution in [0.1, 0.15) is 25.0 Å². The minimum Gasteiger partial charge on any atom is -0.490 e. The van der Waals surface area contributed by atoms with Crippen LogP contribution in [-0.2, 0) is 11.0 Å². The molecule has 1 aromatic heterocycles. The van der Waals surface area contributed by atoms with E-state index in [1.807, 2.05) is 0 Å². The van der Waals surface area contributed by atoms with E-state index in [4.69, 9.17) is 21.1 Å². The second-order valence-electron chi connectivity index (χ2n) is 8.34. The van der Waals surface area contributed by atoms with Gasteiger partial charge in [0.05, 0.1) is 29.3 Å². The topological polar surface area (TPSA) is 103 Å². The number of ether oxygens (including phenoxy) is 2. The molecule has 0 aliphatic heterocycles. The first kappa shape index (κ1) is 29.1. The quantitative estimate of drug-likeness (QED) is 0.217. The Balaban J connectivity index is 1.90. The molecule has 0 saturated carbocycles. The lowest BCUT2D eigenvalue weighted by Gasteiger charge is -2.18. The summed E-state index contributed by atoms with van der Waals surface area (Å²) in [6, 6.07) is 12.3. The Hall–Kier alpha value is -3.90. The van der Waals surface area contributed by atoms with Crippen molar-refractivity contribution in [3.63, 3.8) is 0 Å². The Morgan fingerprint density at radius 2 is 1.95 bits per heavy atom. The molecule has 0 fully saturated rings. The van der Waals surface area contributed by atoms with Crippen molar-refractivity contribution < 1.29 is 32.5 Å². The lowest BCUT2D eigenvalue weighted by molar-refractivity contribution is -0.144. The van der Waals surface area contributed by atoms with Crippen LogP contribution in [0, 0.1) is 0 Å². The monoisotopic (exact) mass is 637 g/mol. The number of alkyl halides is 3. The lowest BCUT2D eigenvalue weighted by Crippen LogP contribution is -2.23. The zero-order valence-electron chi connectivity index (χ0n) is 20.9. The average Bonchev–Trinajstić information content (AvgIpc) is 2.92. The van der Waals surface area contributed by atoms with Crippen molar-refractivity contribution in [3.05, 3.63) is 85.6 Å². The molecule has 1 atom stereocenters. The van der Waals surface area contributed by atoms with Crippen molar-refractivity contribution in [1.29, 1.82) is 0 Å². The molecule has 0 radical (unpaired) electrons. The molecule has 0 aliphatic rings. The third-order valence-electron chi connectivity index (χ3n) is 5.61. The van der Waals surface area contributed by atoms with Crippen molar-refractivity contribution in [2.75, 3.05) is 6.61 Å². The number of carbonyl (C=O) groups is 1. The van der Waals surface area contributed by atoms with Gasteiger partial charge in [-0.25, -0.2) is 9.78 Å². The van der Waals surface area contributed by atoms with E-state index in [2.05, 4.69) is 26.0 Å². The Kier molecular flexibility index (Phi) is 8.50. The molecule has 0 saturated heterocycles. The maximum absolute atomic E-state index is 13.4. The third kappa shape index (κ3) is 5.97. The number of rotatable bonds is 8. The highest BCUT2D eigenvalue weighted by Gasteiger charge is 2.31. The Morgan fingerprint density at radius 3 is 2.62 bits per heavy atom. The van der Waals surface area contributed by atoms with E-state index in [0.29, 0.717) is 5.56 Å². The number of benzene rings is 3. The van der Waals surface area contributed by atoms with Gasteiger partial charge in [-0.1, -0.05) is 35.9 Å². The SMILES string of the molecule is CCOc1cc(C=Nn2c(-c3cccc(C(F)(F)F)c3)nc3ccccc3c2=O)c(Br)c(Cl)c1O[C@H](C)C(=O)O. The number of halogens is 5. The van der Waals surface area contributed by atoms with Crippen LogP contribution < -0.4 is 15.0 Å². The zero-order valence-corrected chi connectivity index (χ0v) is 23.2. The molecule has 40 heavy (non-hydrogen) atoms. The average molecular weight is 639 g/mol. The summed E-state index contributed by atoms with van der Waals surface area (Å²) in [4.78, 5) is 29.2. The van der Waals surface area contributed by atoms with Gasteiger partial charge in [-0.3, -0.25) is 4.79 Å². The fourth-order valence-electron chi connectivity index (χ4n) is 3.67. The van der Waals surface area contributed by atoms with E-state index in [1.54, 1.807) is 25.1 Å². The molecule has 8 nitrogen and oxygen atoms in total. The number of aromatic nitrogens is 2. The van der Waals surface area contributed by atoms with Gasteiger partial charge in [0.2, 0.25) is 0 Å². The lowest BCUT2D eigenvalue weighted by atomic mass is 10.1. The van der Waals surface area contributed by atoms with Crippen molar-refractivity contribution in [2.45, 2.75) is 26.1 Å². The predicted molar refractivity (Wildman–Crippen MR) is 147 cm³/mol. The summed E-state index contributed by atoms with van der Waals surface area (Å²) in [7, 11) is 0. The molecular weight excluding hydrogens is 619 g/mol. The first-order valence-electron chi connectivity index (χ1n) is 11.7. The van der Waals surface area contributed by atoms with Gasteiger partial charge in [0, 0.05) is 15.6 Å². The van der Waals surface area contributed by atoms with Gasteiger partial charge < -0.3 is 14.6 Å². The second kappa shape index (κ2) is 11.7. The van der Waals surface area contributed by atoms with Crippen LogP contribution in [0.2, 0.25) is 5.02 Å². The van der Waals surface area contributed by atoms with Gasteiger partial charge in [-0.2, -0.15) is 22.9 Å². The standard InChI is InChI=1S/C27H20BrClF3N3O5/c1-3-39-20-12-16(21(28)22(29)23(20)40-14(2)26(37)38)13-33-35-24(15-7-6-8-17(11-15)27(30,31)32)34-19-10-5-4-9-18(19)25(35)36/h4-14H,3H2,1-2H3,(H,37,38)/t14-/m1/s1. The summed E-state index contributed by atoms with van der Waals surface area (Å²) in [6.45, 7) is 3.22. The highest BCUT2D eigenvalue weighted by Crippen LogP contribution is 2.43. The van der Waals surface area contributed by atoms with Crippen LogP contribution in [0.25, 0.3) is 22.3 Å². The van der Waals surface area contributed by atoms with Crippen LogP contribution in [-0.4, -0.2) is 39.7 Å². The third-order valence-corrected chi connectivity index (χ3v) is 7.06. The van der Waals surface area contributed by atoms with E-state index in [-0.39, 0.29) is 49.9 Å². The fourth-order valence-corrected chi connectivity index (χ4v) is 4.31. The number of carboxylic acid groups (broad SMARTS) is 1. The van der Waals surface area contributed by atoms with Crippen LogP contribution in [0.3, 0.4) is 0 Å². The summed E-state index contributed by atoms with van der Waals surface area (Å²) in [5, 5.41) is 13.7. The van der Waals surface area contributed by atoms with Gasteiger partial charge in [0.1, 0.15) is 5.02 Å². The maximum atomic E-state index is 13.4. The van der Waals surface area contributed by atoms with Gasteiger partial charge in [0.25, 0.3) is 5.56 Å². The number of hydrogen-bond acceptors (Lipinski definition) is 6. The molecule has 4 rings (SSSR count). The minimum absolute atomic E-state index is 0.0115. The summed E-state index contributed by atoms with van der Waals surface area (Å²) in [5.74, 6) is -1.23. The Morgan fingerprint density at radius 1 is 1.23 bits per heavy atom. The predicted octanol–water partition coefficient (Wildman–Crippen LogP) is 6.63. The molecule has 13 heteroatoms. The number of fused-ring (bicyclic) bond motifs is 1. The smallest absolute Gasteiger partial charge is 0.416 e. The molecule has 0 aliphatic carbocycles. The maximum Gasteiger partial charge on any atom is 0.416 e. The van der Waals surface area contributed by atoms with E-state index in [1.165, 1.54) is 37.4 Å². The second-order valence-corrected chi connectivity index (χ2v) is 9.52. The Bertz CT molecular complexity index is 1690. The van der Waals surface area contributed by atoms with Gasteiger partial charge >= 0.3 is 12.1 Å². The number of aliphatic carboxylic acids is 1. The number of carboxylic acids is 1. The first-order valence-corrected chi connectivity index (χ1v) is 12.9. The number of hydrogen-bond donors (Lipinski definition) is 1. The highest BCUT2D eigenvalue weighted by molar-refractivity contribution is 9.10. The summed E-state index contributed by atoms with van der Waals surface area (Å²) in [5.41, 5.74) is -0.919. The molecule has 0 unspecified atom stereocenters. The van der Waals surface area contributed by atoms with Crippen LogP contribution >= 0.6 is 27.5 Å². The minimum atomic E-state index is -4.61. The molecule has 208 valence electrons. The summed E-state index contributed by atoms with van der Waals surface area (Å²) < 4.78 is 52.5. The molecule has 4 aromatic rings. The molecule has 1 heterocycles. The molecular formula is C27H20BrClF3N3O5. The van der Waals surface area contributed by atoms with Crippen LogP contribution in [0.15, 0.2) is 69.0 Å². The first-order chi connectivity index (χ1) is 18.9. The summed E-state index contributed by atoms with van der Waals surface area (Å²) >= 11 is 9.81. The van der Waals surface area contributed by atoms with Gasteiger partial charge in [0.15, 0.2) is 23.4 Å². The van der Waals surface area contributed by atoms with E-state index in [0.717, 1.165) is 16.8 Å². The molecule has 1 N–H and O–H groups in total. The van der Waals surface area contributed by atoms with E-state index < -0.39 is 29.4 Å². The normalized spacial score (nSPS) is 12.6. The molecule has 0 spiro atoms. The van der Waals surface area contributed by atoms with Crippen LogP contribution in [0.4, 0.5) is 13.2 Å². The highest BCUT2D eigenvalue weighted by atomic mass is 79.9. The van der Waals surface area contributed by atoms with Crippen molar-refractivity contribution in [2.24, 2.45) is 5.10 Å².